The molecule has 1 aromatic heterocycles. The van der Waals surface area contributed by atoms with Crippen LogP contribution in [0.25, 0.3) is 0 Å². The van der Waals surface area contributed by atoms with Gasteiger partial charge in [-0.25, -0.2) is 4.79 Å². The topological polar surface area (TPSA) is 84.0 Å². The molecule has 82 valence electrons. The van der Waals surface area contributed by atoms with Gasteiger partial charge in [-0.15, -0.1) is 0 Å². The number of hydrogen-bond donors (Lipinski definition) is 2. The minimum atomic E-state index is -0.569. The SMILES string of the molecule is CCc1cn(CC(=O)NC)c(=O)[nH]c1=O. The first-order chi connectivity index (χ1) is 7.08. The van der Waals surface area contributed by atoms with Crippen molar-refractivity contribution in [2.75, 3.05) is 7.05 Å². The normalized spacial score (nSPS) is 10.0. The standard InChI is InChI=1S/C9H13N3O3/c1-3-6-4-12(5-7(13)10-2)9(15)11-8(6)14/h4H,3,5H2,1-2H3,(H,10,13)(H,11,14,15). The van der Waals surface area contributed by atoms with Crippen LogP contribution in [-0.4, -0.2) is 22.5 Å². The summed E-state index contributed by atoms with van der Waals surface area (Å²) in [6.45, 7) is 1.72. The zero-order chi connectivity index (χ0) is 11.4. The molecule has 0 saturated carbocycles. The minimum Gasteiger partial charge on any atom is -0.358 e. The smallest absolute Gasteiger partial charge is 0.328 e. The Morgan fingerprint density at radius 1 is 1.53 bits per heavy atom. The fourth-order valence-electron chi connectivity index (χ4n) is 1.16. The van der Waals surface area contributed by atoms with E-state index in [0.29, 0.717) is 12.0 Å². The van der Waals surface area contributed by atoms with Gasteiger partial charge < -0.3 is 5.32 Å². The van der Waals surface area contributed by atoms with Crippen LogP contribution < -0.4 is 16.6 Å². The van der Waals surface area contributed by atoms with Gasteiger partial charge in [0.15, 0.2) is 0 Å². The lowest BCUT2D eigenvalue weighted by molar-refractivity contribution is -0.121. The summed E-state index contributed by atoms with van der Waals surface area (Å²) in [7, 11) is 1.49. The fraction of sp³-hybridized carbons (Fsp3) is 0.444. The van der Waals surface area contributed by atoms with Crippen molar-refractivity contribution in [2.24, 2.45) is 0 Å². The van der Waals surface area contributed by atoms with Gasteiger partial charge in [-0.2, -0.15) is 0 Å². The van der Waals surface area contributed by atoms with Crippen LogP contribution in [0.1, 0.15) is 12.5 Å². The first-order valence-electron chi connectivity index (χ1n) is 4.61. The van der Waals surface area contributed by atoms with Crippen LogP contribution in [-0.2, 0) is 17.8 Å². The number of carbonyl (C=O) groups excluding carboxylic acids is 1. The third kappa shape index (κ3) is 2.55. The van der Waals surface area contributed by atoms with Crippen molar-refractivity contribution < 1.29 is 4.79 Å². The number of likely N-dealkylation sites (N-methyl/N-ethyl adjacent to an activating group) is 1. The maximum Gasteiger partial charge on any atom is 0.328 e. The molecule has 0 spiro atoms. The lowest BCUT2D eigenvalue weighted by atomic mass is 10.2. The van der Waals surface area contributed by atoms with E-state index < -0.39 is 11.2 Å². The predicted molar refractivity (Wildman–Crippen MR) is 54.8 cm³/mol. The van der Waals surface area contributed by atoms with E-state index in [0.717, 1.165) is 0 Å². The van der Waals surface area contributed by atoms with Crippen molar-refractivity contribution in [3.8, 4) is 0 Å². The molecular weight excluding hydrogens is 198 g/mol. The summed E-state index contributed by atoms with van der Waals surface area (Å²) in [6, 6.07) is 0. The van der Waals surface area contributed by atoms with E-state index in [-0.39, 0.29) is 12.5 Å². The number of amides is 1. The van der Waals surface area contributed by atoms with Crippen LogP contribution >= 0.6 is 0 Å². The average Bonchev–Trinajstić information content (AvgIpc) is 2.21. The monoisotopic (exact) mass is 211 g/mol. The molecule has 6 nitrogen and oxygen atoms in total. The Bertz CT molecular complexity index is 472. The number of aromatic amines is 1. The molecule has 0 unspecified atom stereocenters. The highest BCUT2D eigenvalue weighted by molar-refractivity contribution is 5.75. The van der Waals surface area contributed by atoms with Gasteiger partial charge in [0, 0.05) is 18.8 Å². The fourth-order valence-corrected chi connectivity index (χ4v) is 1.16. The number of aromatic nitrogens is 2. The molecule has 0 fully saturated rings. The highest BCUT2D eigenvalue weighted by atomic mass is 16.2. The quantitative estimate of drug-likeness (QED) is 0.661. The van der Waals surface area contributed by atoms with E-state index in [2.05, 4.69) is 10.3 Å². The van der Waals surface area contributed by atoms with E-state index in [9.17, 15) is 14.4 Å². The Balaban J connectivity index is 3.14. The highest BCUT2D eigenvalue weighted by Gasteiger charge is 2.05. The molecule has 6 heteroatoms. The van der Waals surface area contributed by atoms with Crippen molar-refractivity contribution in [1.29, 1.82) is 0 Å². The maximum atomic E-state index is 11.3. The van der Waals surface area contributed by atoms with Crippen molar-refractivity contribution in [3.63, 3.8) is 0 Å². The Hall–Kier alpha value is -1.85. The number of nitrogens with one attached hydrogen (secondary N) is 2. The Kier molecular flexibility index (Phi) is 3.43. The second kappa shape index (κ2) is 4.59. The molecule has 0 aromatic carbocycles. The van der Waals surface area contributed by atoms with E-state index in [1.807, 2.05) is 0 Å². The van der Waals surface area contributed by atoms with Gasteiger partial charge in [0.05, 0.1) is 0 Å². The van der Waals surface area contributed by atoms with Crippen LogP contribution in [0.2, 0.25) is 0 Å². The van der Waals surface area contributed by atoms with Crippen LogP contribution in [0.5, 0.6) is 0 Å². The lowest BCUT2D eigenvalue weighted by Gasteiger charge is -2.05. The molecule has 0 aliphatic rings. The van der Waals surface area contributed by atoms with Crippen LogP contribution in [0, 0.1) is 0 Å². The number of carbonyl (C=O) groups is 1. The summed E-state index contributed by atoms with van der Waals surface area (Å²) in [4.78, 5) is 35.7. The number of hydrogen-bond acceptors (Lipinski definition) is 3. The van der Waals surface area contributed by atoms with Crippen molar-refractivity contribution >= 4 is 5.91 Å². The maximum absolute atomic E-state index is 11.3. The minimum absolute atomic E-state index is 0.0842. The Morgan fingerprint density at radius 3 is 2.73 bits per heavy atom. The van der Waals surface area contributed by atoms with Gasteiger partial charge in [0.2, 0.25) is 5.91 Å². The lowest BCUT2D eigenvalue weighted by Crippen LogP contribution is -2.35. The first kappa shape index (κ1) is 11.2. The average molecular weight is 211 g/mol. The molecule has 0 radical (unpaired) electrons. The number of aryl methyl sites for hydroxylation is 1. The van der Waals surface area contributed by atoms with Gasteiger partial charge in [0.25, 0.3) is 5.56 Å². The number of nitrogens with zero attached hydrogens (tertiary/aromatic N) is 1. The largest absolute Gasteiger partial charge is 0.358 e. The van der Waals surface area contributed by atoms with Gasteiger partial charge >= 0.3 is 5.69 Å². The summed E-state index contributed by atoms with van der Waals surface area (Å²) >= 11 is 0. The summed E-state index contributed by atoms with van der Waals surface area (Å²) in [6.07, 6.45) is 1.93. The molecule has 0 bridgehead atoms. The summed E-state index contributed by atoms with van der Waals surface area (Å²) in [5, 5.41) is 2.40. The molecule has 1 rings (SSSR count). The van der Waals surface area contributed by atoms with E-state index >= 15 is 0 Å². The molecule has 2 N–H and O–H groups in total. The second-order valence-corrected chi connectivity index (χ2v) is 3.07. The first-order valence-corrected chi connectivity index (χ1v) is 4.61. The predicted octanol–water partition coefficient (Wildman–Crippen LogP) is -1.15. The van der Waals surface area contributed by atoms with Gasteiger partial charge in [-0.05, 0) is 6.42 Å². The van der Waals surface area contributed by atoms with Crippen LogP contribution in [0.4, 0.5) is 0 Å². The highest BCUT2D eigenvalue weighted by Crippen LogP contribution is 1.88. The van der Waals surface area contributed by atoms with Gasteiger partial charge in [-0.1, -0.05) is 6.92 Å². The van der Waals surface area contributed by atoms with Crippen LogP contribution in [0.3, 0.4) is 0 Å². The number of rotatable bonds is 3. The molecule has 1 aromatic rings. The van der Waals surface area contributed by atoms with Crippen molar-refractivity contribution in [3.05, 3.63) is 32.6 Å². The molecule has 1 amide bonds. The summed E-state index contributed by atoms with van der Waals surface area (Å²) in [5.74, 6) is -0.286. The zero-order valence-corrected chi connectivity index (χ0v) is 8.66. The third-order valence-corrected chi connectivity index (χ3v) is 2.06. The van der Waals surface area contributed by atoms with Gasteiger partial charge in [-0.3, -0.25) is 19.1 Å². The summed E-state index contributed by atoms with van der Waals surface area (Å²) < 4.78 is 1.18. The number of H-pyrrole nitrogens is 1. The molecular formula is C9H13N3O3. The Morgan fingerprint density at radius 2 is 2.20 bits per heavy atom. The molecule has 0 atom stereocenters. The van der Waals surface area contributed by atoms with Gasteiger partial charge in [0.1, 0.15) is 6.54 Å². The van der Waals surface area contributed by atoms with Crippen LogP contribution in [0.15, 0.2) is 15.8 Å². The Labute approximate surface area is 85.9 Å². The second-order valence-electron chi connectivity index (χ2n) is 3.07. The molecule has 1 heterocycles. The molecule has 0 saturated heterocycles. The third-order valence-electron chi connectivity index (χ3n) is 2.06. The van der Waals surface area contributed by atoms with Crippen molar-refractivity contribution in [2.45, 2.75) is 19.9 Å². The molecule has 0 aliphatic carbocycles. The summed E-state index contributed by atoms with van der Waals surface area (Å²) in [5.41, 5.74) is -0.477. The van der Waals surface area contributed by atoms with E-state index in [1.165, 1.54) is 17.8 Å². The zero-order valence-electron chi connectivity index (χ0n) is 8.66. The molecule has 15 heavy (non-hydrogen) atoms. The molecule has 0 aliphatic heterocycles. The van der Waals surface area contributed by atoms with E-state index in [4.69, 9.17) is 0 Å². The van der Waals surface area contributed by atoms with E-state index in [1.54, 1.807) is 6.92 Å². The van der Waals surface area contributed by atoms with Crippen molar-refractivity contribution in [1.82, 2.24) is 14.9 Å².